The van der Waals surface area contributed by atoms with Gasteiger partial charge in [-0.15, -0.1) is 10.2 Å². The van der Waals surface area contributed by atoms with E-state index in [1.54, 1.807) is 0 Å². The summed E-state index contributed by atoms with van der Waals surface area (Å²) in [6, 6.07) is 5.10. The van der Waals surface area contributed by atoms with Crippen molar-refractivity contribution in [2.24, 2.45) is 0 Å². The normalized spacial score (nSPS) is 17.7. The molecule has 0 radical (unpaired) electrons. The monoisotopic (exact) mass is 410 g/mol. The fourth-order valence-electron chi connectivity index (χ4n) is 3.54. The molecule has 3 heterocycles. The Kier molecular flexibility index (Phi) is 4.71. The van der Waals surface area contributed by atoms with Gasteiger partial charge in [0.25, 0.3) is 5.91 Å². The van der Waals surface area contributed by atoms with Crippen molar-refractivity contribution in [1.82, 2.24) is 19.5 Å². The Hall–Kier alpha value is -3.04. The van der Waals surface area contributed by atoms with Crippen LogP contribution in [0.25, 0.3) is 5.65 Å². The van der Waals surface area contributed by atoms with Crippen molar-refractivity contribution in [1.29, 1.82) is 0 Å². The molecule has 5 nitrogen and oxygen atoms in total. The second-order valence-electron chi connectivity index (χ2n) is 6.92. The first kappa shape index (κ1) is 19.3. The Morgan fingerprint density at radius 2 is 1.86 bits per heavy atom. The lowest BCUT2D eigenvalue weighted by molar-refractivity contribution is -0.137. The highest BCUT2D eigenvalue weighted by Crippen LogP contribution is 2.31. The van der Waals surface area contributed by atoms with Crippen LogP contribution in [-0.2, 0) is 6.18 Å². The molecule has 1 aliphatic heterocycles. The van der Waals surface area contributed by atoms with Gasteiger partial charge in [-0.25, -0.2) is 8.78 Å². The van der Waals surface area contributed by atoms with Crippen LogP contribution >= 0.6 is 0 Å². The van der Waals surface area contributed by atoms with Gasteiger partial charge in [0.15, 0.2) is 17.3 Å². The molecule has 0 spiro atoms. The molecule has 152 valence electrons. The summed E-state index contributed by atoms with van der Waals surface area (Å²) in [4.78, 5) is 14.1. The van der Waals surface area contributed by atoms with Gasteiger partial charge in [-0.2, -0.15) is 13.2 Å². The van der Waals surface area contributed by atoms with Gasteiger partial charge in [-0.1, -0.05) is 0 Å². The number of likely N-dealkylation sites (tertiary alicyclic amines) is 1. The molecule has 4 rings (SSSR count). The van der Waals surface area contributed by atoms with Crippen LogP contribution in [0.3, 0.4) is 0 Å². The molecule has 1 aliphatic rings. The summed E-state index contributed by atoms with van der Waals surface area (Å²) in [5, 5.41) is 7.95. The molecule has 0 N–H and O–H groups in total. The van der Waals surface area contributed by atoms with Gasteiger partial charge in [0, 0.05) is 30.8 Å². The van der Waals surface area contributed by atoms with Gasteiger partial charge in [0.05, 0.1) is 5.56 Å². The Morgan fingerprint density at radius 1 is 1.07 bits per heavy atom. The molecule has 0 bridgehead atoms. The number of halogens is 5. The largest absolute Gasteiger partial charge is 0.417 e. The maximum atomic E-state index is 13.5. The predicted molar refractivity (Wildman–Crippen MR) is 92.2 cm³/mol. The maximum absolute atomic E-state index is 13.5. The van der Waals surface area contributed by atoms with Crippen LogP contribution in [0.5, 0.6) is 0 Å². The quantitative estimate of drug-likeness (QED) is 0.599. The van der Waals surface area contributed by atoms with E-state index in [2.05, 4.69) is 10.2 Å². The number of carbonyl (C=O) groups is 1. The van der Waals surface area contributed by atoms with Gasteiger partial charge in [0.1, 0.15) is 5.82 Å². The lowest BCUT2D eigenvalue weighted by Gasteiger charge is -2.32. The molecule has 1 amide bonds. The fourth-order valence-corrected chi connectivity index (χ4v) is 3.54. The lowest BCUT2D eigenvalue weighted by Crippen LogP contribution is -2.39. The summed E-state index contributed by atoms with van der Waals surface area (Å²) < 4.78 is 67.0. The summed E-state index contributed by atoms with van der Waals surface area (Å²) >= 11 is 0. The van der Waals surface area contributed by atoms with Gasteiger partial charge in [0.2, 0.25) is 0 Å². The highest BCUT2D eigenvalue weighted by Gasteiger charge is 2.33. The second-order valence-corrected chi connectivity index (χ2v) is 6.92. The number of alkyl halides is 3. The number of benzene rings is 1. The average Bonchev–Trinajstić information content (AvgIpc) is 3.12. The van der Waals surface area contributed by atoms with E-state index in [4.69, 9.17) is 0 Å². The summed E-state index contributed by atoms with van der Waals surface area (Å²) in [6.07, 6.45) is -2.36. The number of rotatable bonds is 2. The zero-order chi connectivity index (χ0) is 20.8. The van der Waals surface area contributed by atoms with Gasteiger partial charge < -0.3 is 4.90 Å². The zero-order valence-corrected chi connectivity index (χ0v) is 15.0. The van der Waals surface area contributed by atoms with Gasteiger partial charge in [-0.05, 0) is 43.2 Å². The minimum Gasteiger partial charge on any atom is -0.338 e. The van der Waals surface area contributed by atoms with E-state index >= 15 is 0 Å². The Labute approximate surface area is 161 Å². The molecule has 10 heteroatoms. The van der Waals surface area contributed by atoms with Gasteiger partial charge >= 0.3 is 6.18 Å². The second kappa shape index (κ2) is 7.09. The minimum absolute atomic E-state index is 0.00927. The first-order valence-electron chi connectivity index (χ1n) is 8.90. The molecule has 0 aliphatic carbocycles. The van der Waals surface area contributed by atoms with E-state index in [1.165, 1.54) is 21.4 Å². The van der Waals surface area contributed by atoms with Crippen molar-refractivity contribution in [3.63, 3.8) is 0 Å². The molecule has 1 saturated heterocycles. The first-order chi connectivity index (χ1) is 13.7. The number of aromatic nitrogens is 3. The van der Waals surface area contributed by atoms with E-state index in [0.717, 1.165) is 24.4 Å². The van der Waals surface area contributed by atoms with Crippen LogP contribution in [0.1, 0.15) is 40.5 Å². The first-order valence-corrected chi connectivity index (χ1v) is 8.90. The van der Waals surface area contributed by atoms with Crippen molar-refractivity contribution in [2.45, 2.75) is 24.9 Å². The fraction of sp³-hybridized carbons (Fsp3) is 0.316. The third kappa shape index (κ3) is 3.66. The van der Waals surface area contributed by atoms with E-state index in [9.17, 15) is 26.7 Å². The van der Waals surface area contributed by atoms with Gasteiger partial charge in [-0.3, -0.25) is 9.20 Å². The van der Waals surface area contributed by atoms with Crippen molar-refractivity contribution >= 4 is 11.6 Å². The number of carbonyl (C=O) groups excluding carboxylic acids is 1. The topological polar surface area (TPSA) is 50.5 Å². The highest BCUT2D eigenvalue weighted by molar-refractivity contribution is 5.94. The molecule has 0 saturated carbocycles. The number of amides is 1. The Bertz CT molecular complexity index is 1080. The third-order valence-electron chi connectivity index (χ3n) is 5.00. The summed E-state index contributed by atoms with van der Waals surface area (Å²) in [5.41, 5.74) is -0.538. The number of hydrogen-bond acceptors (Lipinski definition) is 3. The summed E-state index contributed by atoms with van der Waals surface area (Å²) in [5.74, 6) is -2.65. The van der Waals surface area contributed by atoms with Crippen LogP contribution < -0.4 is 0 Å². The van der Waals surface area contributed by atoms with Crippen LogP contribution in [0.15, 0.2) is 36.5 Å². The van der Waals surface area contributed by atoms with Crippen molar-refractivity contribution in [2.75, 3.05) is 13.1 Å². The van der Waals surface area contributed by atoms with Crippen molar-refractivity contribution in [3.05, 3.63) is 65.1 Å². The Balaban J connectivity index is 1.61. The molecule has 2 aromatic heterocycles. The van der Waals surface area contributed by atoms with E-state index in [-0.39, 0.29) is 23.7 Å². The summed E-state index contributed by atoms with van der Waals surface area (Å²) in [7, 11) is 0. The maximum Gasteiger partial charge on any atom is 0.417 e. The van der Waals surface area contributed by atoms with E-state index in [0.29, 0.717) is 25.2 Å². The van der Waals surface area contributed by atoms with E-state index < -0.39 is 29.3 Å². The number of hydrogen-bond donors (Lipinski definition) is 0. The molecular weight excluding hydrogens is 395 g/mol. The van der Waals surface area contributed by atoms with Crippen LogP contribution in [-0.4, -0.2) is 38.5 Å². The summed E-state index contributed by atoms with van der Waals surface area (Å²) in [6.45, 7) is 0.591. The molecular formula is C19H15F5N4O. The molecule has 1 unspecified atom stereocenters. The molecule has 1 aromatic carbocycles. The molecule has 1 atom stereocenters. The number of nitrogens with zero attached hydrogens (tertiary/aromatic N) is 4. The average molecular weight is 410 g/mol. The van der Waals surface area contributed by atoms with E-state index in [1.807, 2.05) is 0 Å². The SMILES string of the molecule is O=C(c1ccc(F)c(F)c1)N1CCCC(c2nnc3ccc(C(F)(F)F)cn23)C1. The predicted octanol–water partition coefficient (Wildman–Crippen LogP) is 4.05. The number of pyridine rings is 1. The third-order valence-corrected chi connectivity index (χ3v) is 5.00. The molecule has 1 fully saturated rings. The minimum atomic E-state index is -4.50. The van der Waals surface area contributed by atoms with Crippen molar-refractivity contribution in [3.8, 4) is 0 Å². The highest BCUT2D eigenvalue weighted by atomic mass is 19.4. The van der Waals surface area contributed by atoms with Crippen molar-refractivity contribution < 1.29 is 26.7 Å². The van der Waals surface area contributed by atoms with Crippen LogP contribution in [0.2, 0.25) is 0 Å². The van der Waals surface area contributed by atoms with Crippen LogP contribution in [0.4, 0.5) is 22.0 Å². The lowest BCUT2D eigenvalue weighted by atomic mass is 9.96. The standard InChI is InChI=1S/C19H15F5N4O/c20-14-5-3-11(8-15(14)21)18(29)27-7-1-2-12(9-27)17-26-25-16-6-4-13(10-28(16)17)19(22,23)24/h3-6,8,10,12H,1-2,7,9H2. The number of piperidine rings is 1. The Morgan fingerprint density at radius 3 is 2.59 bits per heavy atom. The smallest absolute Gasteiger partial charge is 0.338 e. The van der Waals surface area contributed by atoms with Crippen LogP contribution in [0, 0.1) is 11.6 Å². The zero-order valence-electron chi connectivity index (χ0n) is 15.0. The molecule has 3 aromatic rings. The number of fused-ring (bicyclic) bond motifs is 1. The molecule has 29 heavy (non-hydrogen) atoms.